The second-order valence-corrected chi connectivity index (χ2v) is 9.69. The lowest BCUT2D eigenvalue weighted by Gasteiger charge is -2.21. The molecule has 0 radical (unpaired) electrons. The molecule has 0 amide bonds. The van der Waals surface area contributed by atoms with Gasteiger partial charge in [-0.3, -0.25) is 9.97 Å². The van der Waals surface area contributed by atoms with E-state index < -0.39 is 120 Å². The van der Waals surface area contributed by atoms with Crippen LogP contribution in [0.15, 0.2) is 53.6 Å². The topological polar surface area (TPSA) is 192 Å². The number of pyridine rings is 2. The third kappa shape index (κ3) is 6.03. The number of benzene rings is 1. The third-order valence-electron chi connectivity index (χ3n) is 6.97. The van der Waals surface area contributed by atoms with Gasteiger partial charge in [0.2, 0.25) is 0 Å². The summed E-state index contributed by atoms with van der Waals surface area (Å²) in [6.07, 6.45) is -14.3. The van der Waals surface area contributed by atoms with Crippen molar-refractivity contribution in [3.63, 3.8) is 0 Å². The van der Waals surface area contributed by atoms with E-state index in [0.29, 0.717) is 0 Å². The molecule has 4 rings (SSSR count). The molecule has 0 bridgehead atoms. The van der Waals surface area contributed by atoms with Crippen molar-refractivity contribution in [1.29, 1.82) is 36.8 Å². The fourth-order valence-corrected chi connectivity index (χ4v) is 4.97. The van der Waals surface area contributed by atoms with E-state index in [0.717, 1.165) is 30.9 Å². The van der Waals surface area contributed by atoms with Gasteiger partial charge in [0.25, 0.3) is 0 Å². The number of aromatic nitrogens is 2. The van der Waals surface area contributed by atoms with Crippen molar-refractivity contribution in [2.45, 2.75) is 18.5 Å². The van der Waals surface area contributed by atoms with Gasteiger partial charge in [-0.15, -0.1) is 0 Å². The summed E-state index contributed by atoms with van der Waals surface area (Å²) in [4.78, 5) is 7.29. The second kappa shape index (κ2) is 12.6. The minimum absolute atomic E-state index is 0.531. The van der Waals surface area contributed by atoms with Gasteiger partial charge in [0.1, 0.15) is 42.5 Å². The van der Waals surface area contributed by atoms with Crippen LogP contribution in [0.3, 0.4) is 0 Å². The van der Waals surface area contributed by atoms with Crippen molar-refractivity contribution < 1.29 is 39.5 Å². The Balaban J connectivity index is 2.43. The number of rotatable bonds is 3. The Labute approximate surface area is 273 Å². The highest BCUT2D eigenvalue weighted by atomic mass is 19.4. The summed E-state index contributed by atoms with van der Waals surface area (Å²) in [5.74, 6) is 0. The summed E-state index contributed by atoms with van der Waals surface area (Å²) in [5, 5.41) is 69.4. The third-order valence-corrected chi connectivity index (χ3v) is 6.97. The first-order chi connectivity index (χ1) is 23.4. The lowest BCUT2D eigenvalue weighted by Crippen LogP contribution is -2.19. The molecule has 0 saturated heterocycles. The van der Waals surface area contributed by atoms with Gasteiger partial charge in [-0.25, -0.2) is 0 Å². The van der Waals surface area contributed by atoms with E-state index in [-0.39, 0.29) is 0 Å². The summed E-state index contributed by atoms with van der Waals surface area (Å²) >= 11 is 0. The van der Waals surface area contributed by atoms with Gasteiger partial charge >= 0.3 is 18.5 Å². The SMILES string of the molecule is N#CC(=C1C(=C(/C#N)c2c(C#N)cncc2C#N)/C1=C(/C#N)c1c(C(F)(F)F)cc(C(F)(F)F)cc1C(F)(F)F)c1c(C#N)cncc1C#N. The lowest BCUT2D eigenvalue weighted by atomic mass is 9.90. The number of hydrogen-bond acceptors (Lipinski definition) is 9. The van der Waals surface area contributed by atoms with Crippen LogP contribution < -0.4 is 0 Å². The minimum Gasteiger partial charge on any atom is -0.262 e. The van der Waals surface area contributed by atoms with Crippen molar-refractivity contribution in [1.82, 2.24) is 9.97 Å². The molecule has 242 valence electrons. The van der Waals surface area contributed by atoms with E-state index in [1.165, 1.54) is 0 Å². The Morgan fingerprint density at radius 2 is 0.720 bits per heavy atom. The van der Waals surface area contributed by atoms with Crippen LogP contribution in [0, 0.1) is 79.3 Å². The molecule has 1 saturated carbocycles. The maximum atomic E-state index is 14.4. The van der Waals surface area contributed by atoms with Crippen molar-refractivity contribution in [3.8, 4) is 42.5 Å². The Hall–Kier alpha value is -7.46. The summed E-state index contributed by atoms with van der Waals surface area (Å²) in [5.41, 5.74) is -18.8. The Morgan fingerprint density at radius 1 is 0.440 bits per heavy atom. The molecule has 0 N–H and O–H groups in total. The average molecular weight is 687 g/mol. The molecule has 1 fully saturated rings. The maximum absolute atomic E-state index is 14.4. The molecule has 0 atom stereocenters. The monoisotopic (exact) mass is 687 g/mol. The molecule has 0 unspecified atom stereocenters. The minimum atomic E-state index is -5.97. The predicted octanol–water partition coefficient (Wildman–Crippen LogP) is 7.27. The molecular weight excluding hydrogens is 681 g/mol. The van der Waals surface area contributed by atoms with E-state index in [1.807, 2.05) is 0 Å². The van der Waals surface area contributed by atoms with E-state index in [1.54, 1.807) is 36.4 Å². The fourth-order valence-electron chi connectivity index (χ4n) is 4.97. The largest absolute Gasteiger partial charge is 0.417 e. The number of allylic oxidation sites excluding steroid dienone is 6. The van der Waals surface area contributed by atoms with Crippen molar-refractivity contribution in [3.05, 3.63) is 109 Å². The highest BCUT2D eigenvalue weighted by Crippen LogP contribution is 2.58. The van der Waals surface area contributed by atoms with Gasteiger partial charge in [0, 0.05) is 58.2 Å². The molecular formula is C32H6F9N9. The van der Waals surface area contributed by atoms with Gasteiger partial charge in [0.15, 0.2) is 0 Å². The predicted molar refractivity (Wildman–Crippen MR) is 146 cm³/mol. The van der Waals surface area contributed by atoms with E-state index in [4.69, 9.17) is 0 Å². The normalized spacial score (nSPS) is 15.5. The van der Waals surface area contributed by atoms with Crippen LogP contribution in [0.1, 0.15) is 55.6 Å². The molecule has 1 aliphatic rings. The summed E-state index contributed by atoms with van der Waals surface area (Å²) in [7, 11) is 0. The second-order valence-electron chi connectivity index (χ2n) is 9.69. The standard InChI is InChI=1S/C32H6F9N9/c33-30(34,35)18-1-22(31(36,37)38)26(23(2-18)32(39,40)41)21(9-48)29-27(19(7-46)24-14(3-42)10-49-11-15(24)4-43)28(29)20(8-47)25-16(5-44)12-50-13-17(25)6-45/h1-2,10-13H/b27-19+,28-20?,29-21+. The zero-order valence-electron chi connectivity index (χ0n) is 23.9. The van der Waals surface area contributed by atoms with Gasteiger partial charge < -0.3 is 0 Å². The van der Waals surface area contributed by atoms with E-state index >= 15 is 0 Å². The number of nitrogens with zero attached hydrogens (tertiary/aromatic N) is 9. The molecule has 0 aliphatic heterocycles. The van der Waals surface area contributed by atoms with Crippen LogP contribution >= 0.6 is 0 Å². The zero-order chi connectivity index (χ0) is 37.3. The molecule has 2 aromatic heterocycles. The molecule has 2 heterocycles. The fraction of sp³-hybridized carbons (Fsp3) is 0.0938. The highest BCUT2D eigenvalue weighted by Gasteiger charge is 2.49. The number of nitriles is 7. The molecule has 18 heteroatoms. The quantitative estimate of drug-likeness (QED) is 0.201. The van der Waals surface area contributed by atoms with Crippen LogP contribution in [-0.2, 0) is 18.5 Å². The van der Waals surface area contributed by atoms with Crippen LogP contribution in [0.25, 0.3) is 16.7 Å². The molecule has 3 aromatic rings. The van der Waals surface area contributed by atoms with Gasteiger partial charge in [-0.2, -0.15) is 76.3 Å². The summed E-state index contributed by atoms with van der Waals surface area (Å²) in [6, 6.07) is 9.34. The van der Waals surface area contributed by atoms with Gasteiger partial charge in [-0.05, 0) is 12.1 Å². The molecule has 9 nitrogen and oxygen atoms in total. The molecule has 0 spiro atoms. The Bertz CT molecular complexity index is 2200. The lowest BCUT2D eigenvalue weighted by molar-refractivity contribution is -0.148. The van der Waals surface area contributed by atoms with Gasteiger partial charge in [0.05, 0.1) is 55.7 Å². The van der Waals surface area contributed by atoms with Crippen molar-refractivity contribution in [2.75, 3.05) is 0 Å². The van der Waals surface area contributed by atoms with Crippen LogP contribution in [0.4, 0.5) is 39.5 Å². The van der Waals surface area contributed by atoms with Crippen LogP contribution in [0.5, 0.6) is 0 Å². The average Bonchev–Trinajstić information content (AvgIpc) is 3.77. The molecule has 50 heavy (non-hydrogen) atoms. The smallest absolute Gasteiger partial charge is 0.262 e. The Morgan fingerprint density at radius 3 is 0.940 bits per heavy atom. The molecule has 1 aromatic carbocycles. The number of alkyl halides is 9. The summed E-state index contributed by atoms with van der Waals surface area (Å²) < 4.78 is 127. The summed E-state index contributed by atoms with van der Waals surface area (Å²) in [6.45, 7) is 0. The van der Waals surface area contributed by atoms with Crippen molar-refractivity contribution >= 4 is 16.7 Å². The number of hydrogen-bond donors (Lipinski definition) is 0. The van der Waals surface area contributed by atoms with Crippen LogP contribution in [-0.4, -0.2) is 9.97 Å². The van der Waals surface area contributed by atoms with Crippen molar-refractivity contribution in [2.24, 2.45) is 0 Å². The first-order valence-electron chi connectivity index (χ1n) is 12.9. The Kier molecular flexibility index (Phi) is 8.94. The van der Waals surface area contributed by atoms with Crippen LogP contribution in [0.2, 0.25) is 0 Å². The maximum Gasteiger partial charge on any atom is 0.417 e. The molecule has 1 aliphatic carbocycles. The highest BCUT2D eigenvalue weighted by molar-refractivity contribution is 6.13. The van der Waals surface area contributed by atoms with E-state index in [2.05, 4.69) is 9.97 Å². The first-order valence-corrected chi connectivity index (χ1v) is 12.9. The number of halogens is 9. The zero-order valence-corrected chi connectivity index (χ0v) is 23.9. The van der Waals surface area contributed by atoms with Gasteiger partial charge in [-0.1, -0.05) is 0 Å². The van der Waals surface area contributed by atoms with E-state index in [9.17, 15) is 76.3 Å². The first kappa shape index (κ1) is 35.4.